The minimum atomic E-state index is -0.609. The van der Waals surface area contributed by atoms with Crippen molar-refractivity contribution in [2.24, 2.45) is 0 Å². The van der Waals surface area contributed by atoms with Crippen LogP contribution >= 0.6 is 0 Å². The predicted octanol–water partition coefficient (Wildman–Crippen LogP) is 0.429. The van der Waals surface area contributed by atoms with Crippen LogP contribution in [0.5, 0.6) is 0 Å². The van der Waals surface area contributed by atoms with Gasteiger partial charge in [-0.2, -0.15) is 5.10 Å². The van der Waals surface area contributed by atoms with Gasteiger partial charge in [-0.15, -0.1) is 0 Å². The summed E-state index contributed by atoms with van der Waals surface area (Å²) in [5, 5.41) is 9.64. The molecule has 2 rings (SSSR count). The number of morpholine rings is 1. The molecule has 1 atom stereocenters. The van der Waals surface area contributed by atoms with Gasteiger partial charge in [0.1, 0.15) is 0 Å². The van der Waals surface area contributed by atoms with Gasteiger partial charge >= 0.3 is 0 Å². The number of likely N-dealkylation sites (N-methyl/N-ethyl adjacent to an activating group) is 1. The van der Waals surface area contributed by atoms with Gasteiger partial charge in [-0.05, 0) is 12.8 Å². The van der Waals surface area contributed by atoms with Gasteiger partial charge in [0.15, 0.2) is 6.10 Å². The minimum absolute atomic E-state index is 0.0952. The first-order valence-corrected chi connectivity index (χ1v) is 7.13. The van der Waals surface area contributed by atoms with E-state index in [-0.39, 0.29) is 24.3 Å². The summed E-state index contributed by atoms with van der Waals surface area (Å²) in [6, 6.07) is 0. The largest absolute Gasteiger partial charge is 0.365 e. The fourth-order valence-corrected chi connectivity index (χ4v) is 2.45. The van der Waals surface area contributed by atoms with E-state index >= 15 is 0 Å². The summed E-state index contributed by atoms with van der Waals surface area (Å²) in [6.07, 6.45) is -0.609. The lowest BCUT2D eigenvalue weighted by molar-refractivity contribution is -0.136. The third-order valence-electron chi connectivity index (χ3n) is 3.63. The number of carbonyl (C=O) groups is 2. The number of aryl methyl sites for hydroxylation is 1. The number of H-pyrrole nitrogens is 1. The number of nitrogens with one attached hydrogen (secondary N) is 2. The fourth-order valence-electron chi connectivity index (χ4n) is 2.45. The van der Waals surface area contributed by atoms with Crippen LogP contribution in [-0.2, 0) is 9.53 Å². The van der Waals surface area contributed by atoms with E-state index in [1.165, 1.54) is 0 Å². The van der Waals surface area contributed by atoms with E-state index in [4.69, 9.17) is 4.74 Å². The topological polar surface area (TPSA) is 87.3 Å². The van der Waals surface area contributed by atoms with Gasteiger partial charge in [0.25, 0.3) is 11.8 Å². The number of nitrogens with zero attached hydrogens (tertiary/aromatic N) is 2. The predicted molar refractivity (Wildman–Crippen MR) is 77.1 cm³/mol. The van der Waals surface area contributed by atoms with Crippen molar-refractivity contribution < 1.29 is 14.3 Å². The molecule has 1 aliphatic rings. The monoisotopic (exact) mass is 294 g/mol. The second-order valence-electron chi connectivity index (χ2n) is 5.49. The molecule has 0 aromatic carbocycles. The standard InChI is InChI=1S/C14H22N4O3/c1-8(2)12-11(9(3)16-17-12)14(20)18-5-6-21-10(7-18)13(19)15-4/h8,10H,5-7H2,1-4H3,(H,15,19)(H,16,17). The lowest BCUT2D eigenvalue weighted by Gasteiger charge is -2.32. The molecule has 1 fully saturated rings. The summed E-state index contributed by atoms with van der Waals surface area (Å²) in [5.74, 6) is -0.146. The van der Waals surface area contributed by atoms with E-state index in [1.54, 1.807) is 11.9 Å². The van der Waals surface area contributed by atoms with Crippen molar-refractivity contribution >= 4 is 11.8 Å². The number of rotatable bonds is 3. The summed E-state index contributed by atoms with van der Waals surface area (Å²) in [4.78, 5) is 26.1. The van der Waals surface area contributed by atoms with E-state index in [2.05, 4.69) is 15.5 Å². The maximum absolute atomic E-state index is 12.7. The second kappa shape index (κ2) is 6.26. The molecule has 7 heteroatoms. The highest BCUT2D eigenvalue weighted by Gasteiger charge is 2.31. The van der Waals surface area contributed by atoms with Gasteiger partial charge in [0, 0.05) is 19.3 Å². The van der Waals surface area contributed by atoms with E-state index in [9.17, 15) is 9.59 Å². The van der Waals surface area contributed by atoms with Crippen LogP contribution in [0, 0.1) is 6.92 Å². The Morgan fingerprint density at radius 1 is 1.48 bits per heavy atom. The molecule has 1 aliphatic heterocycles. The molecule has 1 aromatic rings. The highest BCUT2D eigenvalue weighted by Crippen LogP contribution is 2.22. The third kappa shape index (κ3) is 3.07. The SMILES string of the molecule is CNC(=O)C1CN(C(=O)c2c(C(C)C)n[nH]c2C)CCO1. The normalized spacial score (nSPS) is 18.9. The van der Waals surface area contributed by atoms with E-state index < -0.39 is 6.10 Å². The molecule has 1 saturated heterocycles. The molecular formula is C14H22N4O3. The number of aromatic nitrogens is 2. The molecule has 0 radical (unpaired) electrons. The average Bonchev–Trinajstić information content (AvgIpc) is 2.87. The van der Waals surface area contributed by atoms with Crippen LogP contribution in [0.3, 0.4) is 0 Å². The minimum Gasteiger partial charge on any atom is -0.365 e. The molecule has 116 valence electrons. The van der Waals surface area contributed by atoms with Crippen molar-refractivity contribution in [1.29, 1.82) is 0 Å². The highest BCUT2D eigenvalue weighted by atomic mass is 16.5. The third-order valence-corrected chi connectivity index (χ3v) is 3.63. The van der Waals surface area contributed by atoms with Crippen LogP contribution in [0.15, 0.2) is 0 Å². The van der Waals surface area contributed by atoms with Crippen LogP contribution in [0.25, 0.3) is 0 Å². The van der Waals surface area contributed by atoms with E-state index in [0.29, 0.717) is 18.7 Å². The van der Waals surface area contributed by atoms with Crippen LogP contribution in [0.4, 0.5) is 0 Å². The Hall–Kier alpha value is -1.89. The molecule has 2 N–H and O–H groups in total. The average molecular weight is 294 g/mol. The van der Waals surface area contributed by atoms with Crippen molar-refractivity contribution in [3.63, 3.8) is 0 Å². The molecular weight excluding hydrogens is 272 g/mol. The number of aromatic amines is 1. The Bertz CT molecular complexity index is 538. The molecule has 0 spiro atoms. The number of amides is 2. The molecule has 21 heavy (non-hydrogen) atoms. The highest BCUT2D eigenvalue weighted by molar-refractivity contribution is 5.97. The van der Waals surface area contributed by atoms with Crippen LogP contribution in [0.2, 0.25) is 0 Å². The zero-order chi connectivity index (χ0) is 15.6. The first-order valence-electron chi connectivity index (χ1n) is 7.13. The van der Waals surface area contributed by atoms with Gasteiger partial charge in [0.2, 0.25) is 0 Å². The molecule has 1 aromatic heterocycles. The number of ether oxygens (including phenoxy) is 1. The number of hydrogen-bond donors (Lipinski definition) is 2. The van der Waals surface area contributed by atoms with Crippen molar-refractivity contribution in [3.05, 3.63) is 17.0 Å². The van der Waals surface area contributed by atoms with Gasteiger partial charge in [-0.3, -0.25) is 14.7 Å². The van der Waals surface area contributed by atoms with Gasteiger partial charge in [0.05, 0.1) is 24.4 Å². The molecule has 2 heterocycles. The Labute approximate surface area is 124 Å². The van der Waals surface area contributed by atoms with Crippen molar-refractivity contribution in [1.82, 2.24) is 20.4 Å². The number of carbonyl (C=O) groups excluding carboxylic acids is 2. The summed E-state index contributed by atoms with van der Waals surface area (Å²) >= 11 is 0. The first kappa shape index (κ1) is 15.5. The Kier molecular flexibility index (Phi) is 4.62. The smallest absolute Gasteiger partial charge is 0.257 e. The van der Waals surface area contributed by atoms with Gasteiger partial charge < -0.3 is 15.0 Å². The van der Waals surface area contributed by atoms with E-state index in [0.717, 1.165) is 11.4 Å². The fraction of sp³-hybridized carbons (Fsp3) is 0.643. The van der Waals surface area contributed by atoms with Gasteiger partial charge in [-0.1, -0.05) is 13.8 Å². The molecule has 7 nitrogen and oxygen atoms in total. The first-order chi connectivity index (χ1) is 9.95. The van der Waals surface area contributed by atoms with Crippen molar-refractivity contribution in [2.75, 3.05) is 26.7 Å². The lowest BCUT2D eigenvalue weighted by atomic mass is 10.0. The Balaban J connectivity index is 2.20. The summed E-state index contributed by atoms with van der Waals surface area (Å²) in [6.45, 7) is 6.94. The van der Waals surface area contributed by atoms with Crippen LogP contribution in [-0.4, -0.2) is 59.8 Å². The molecule has 0 bridgehead atoms. The summed E-state index contributed by atoms with van der Waals surface area (Å²) in [5.41, 5.74) is 2.13. The van der Waals surface area contributed by atoms with Crippen molar-refractivity contribution in [3.8, 4) is 0 Å². The summed E-state index contributed by atoms with van der Waals surface area (Å²) < 4.78 is 5.41. The maximum Gasteiger partial charge on any atom is 0.257 e. The molecule has 0 saturated carbocycles. The molecule has 0 aliphatic carbocycles. The number of hydrogen-bond acceptors (Lipinski definition) is 4. The Morgan fingerprint density at radius 3 is 2.81 bits per heavy atom. The van der Waals surface area contributed by atoms with Crippen molar-refractivity contribution in [2.45, 2.75) is 32.8 Å². The lowest BCUT2D eigenvalue weighted by Crippen LogP contribution is -2.51. The van der Waals surface area contributed by atoms with Crippen LogP contribution < -0.4 is 5.32 Å². The van der Waals surface area contributed by atoms with Gasteiger partial charge in [-0.25, -0.2) is 0 Å². The quantitative estimate of drug-likeness (QED) is 0.846. The zero-order valence-electron chi connectivity index (χ0n) is 12.9. The van der Waals surface area contributed by atoms with E-state index in [1.807, 2.05) is 20.8 Å². The van der Waals surface area contributed by atoms with Crippen LogP contribution in [0.1, 0.15) is 41.5 Å². The maximum atomic E-state index is 12.7. The molecule has 1 unspecified atom stereocenters. The zero-order valence-corrected chi connectivity index (χ0v) is 12.9. The molecule has 2 amide bonds. The summed E-state index contributed by atoms with van der Waals surface area (Å²) in [7, 11) is 1.56. The Morgan fingerprint density at radius 2 is 2.19 bits per heavy atom. The second-order valence-corrected chi connectivity index (χ2v) is 5.49.